The Morgan fingerprint density at radius 2 is 2.06 bits per heavy atom. The van der Waals surface area contributed by atoms with Gasteiger partial charge in [0.25, 0.3) is 0 Å². The van der Waals surface area contributed by atoms with Crippen LogP contribution in [-0.2, 0) is 8.53 Å². The van der Waals surface area contributed by atoms with Gasteiger partial charge in [0.15, 0.2) is 0 Å². The summed E-state index contributed by atoms with van der Waals surface area (Å²) in [5, 5.41) is 0. The van der Waals surface area contributed by atoms with Crippen LogP contribution in [0, 0.1) is 5.82 Å². The Bertz CT molecular complexity index is 402. The second-order valence-corrected chi connectivity index (χ2v) is 5.19. The topological polar surface area (TPSA) is 26.3 Å². The molecule has 0 bridgehead atoms. The molecule has 0 spiro atoms. The van der Waals surface area contributed by atoms with Crippen LogP contribution in [0.4, 0.5) is 4.39 Å². The van der Waals surface area contributed by atoms with Crippen molar-refractivity contribution in [2.75, 3.05) is 6.61 Å². The largest absolute Gasteiger partial charge is 0.462 e. The lowest BCUT2D eigenvalue weighted by atomic mass is 10.1. The van der Waals surface area contributed by atoms with Crippen molar-refractivity contribution in [3.63, 3.8) is 0 Å². The van der Waals surface area contributed by atoms with Gasteiger partial charge in [0.2, 0.25) is 3.79 Å². The molecule has 0 saturated heterocycles. The van der Waals surface area contributed by atoms with Gasteiger partial charge in [-0.1, -0.05) is 34.8 Å². The minimum atomic E-state index is -1.87. The Hall–Kier alpha value is -0.510. The van der Waals surface area contributed by atoms with E-state index in [0.717, 1.165) is 12.1 Å². The highest BCUT2D eigenvalue weighted by molar-refractivity contribution is 6.67. The Morgan fingerprint density at radius 3 is 2.56 bits per heavy atom. The number of esters is 1. The van der Waals surface area contributed by atoms with Gasteiger partial charge in [0.1, 0.15) is 5.82 Å². The summed E-state index contributed by atoms with van der Waals surface area (Å²) >= 11 is 16.9. The number of carbonyl (C=O) groups excluding carboxylic acids is 1. The molecule has 0 unspecified atom stereocenters. The summed E-state index contributed by atoms with van der Waals surface area (Å²) in [7, 11) is 0. The summed E-state index contributed by atoms with van der Waals surface area (Å²) < 4.78 is 15.9. The average Bonchev–Trinajstić information content (AvgIpc) is 2.16. The average molecular weight is 286 g/mol. The monoisotopic (exact) mass is 284 g/mol. The van der Waals surface area contributed by atoms with Crippen LogP contribution in [0.25, 0.3) is 0 Å². The van der Waals surface area contributed by atoms with E-state index in [-0.39, 0.29) is 17.7 Å². The molecule has 0 radical (unpaired) electrons. The van der Waals surface area contributed by atoms with Gasteiger partial charge in [-0.15, -0.1) is 0 Å². The molecule has 0 aliphatic rings. The standard InChI is InChI=1S/C10H8Cl3FO2/c1-2-16-9(15)7-4-3-6(14)5-8(7)10(11,12)13/h3-5H,2H2,1H3. The molecule has 1 aromatic rings. The maximum absolute atomic E-state index is 13.0. The summed E-state index contributed by atoms with van der Waals surface area (Å²) in [5.41, 5.74) is 0.0131. The van der Waals surface area contributed by atoms with Crippen LogP contribution < -0.4 is 0 Å². The van der Waals surface area contributed by atoms with Crippen molar-refractivity contribution in [3.8, 4) is 0 Å². The van der Waals surface area contributed by atoms with E-state index < -0.39 is 15.6 Å². The lowest BCUT2D eigenvalue weighted by Crippen LogP contribution is -2.13. The second kappa shape index (κ2) is 5.21. The molecule has 6 heteroatoms. The van der Waals surface area contributed by atoms with Crippen molar-refractivity contribution in [3.05, 3.63) is 35.1 Å². The third-order valence-electron chi connectivity index (χ3n) is 1.78. The zero-order chi connectivity index (χ0) is 12.3. The first-order valence-corrected chi connectivity index (χ1v) is 5.53. The molecule has 16 heavy (non-hydrogen) atoms. The third-order valence-corrected chi connectivity index (χ3v) is 2.39. The van der Waals surface area contributed by atoms with Crippen molar-refractivity contribution in [1.82, 2.24) is 0 Å². The Morgan fingerprint density at radius 1 is 1.44 bits per heavy atom. The SMILES string of the molecule is CCOC(=O)c1ccc(F)cc1C(Cl)(Cl)Cl. The van der Waals surface area contributed by atoms with E-state index in [1.165, 1.54) is 6.07 Å². The van der Waals surface area contributed by atoms with Crippen LogP contribution in [0.3, 0.4) is 0 Å². The molecule has 0 aliphatic heterocycles. The molecular formula is C10H8Cl3FO2. The van der Waals surface area contributed by atoms with Gasteiger partial charge in [-0.2, -0.15) is 0 Å². The van der Waals surface area contributed by atoms with Gasteiger partial charge in [0, 0.05) is 5.56 Å². The first-order valence-electron chi connectivity index (χ1n) is 4.40. The summed E-state index contributed by atoms with van der Waals surface area (Å²) in [6.45, 7) is 1.84. The number of hydrogen-bond acceptors (Lipinski definition) is 2. The van der Waals surface area contributed by atoms with Crippen molar-refractivity contribution in [2.45, 2.75) is 10.7 Å². The number of alkyl halides is 3. The summed E-state index contributed by atoms with van der Waals surface area (Å²) in [6, 6.07) is 3.33. The van der Waals surface area contributed by atoms with Gasteiger partial charge in [-0.25, -0.2) is 9.18 Å². The molecule has 1 rings (SSSR count). The number of ether oxygens (including phenoxy) is 1. The molecule has 88 valence electrons. The zero-order valence-corrected chi connectivity index (χ0v) is 10.5. The van der Waals surface area contributed by atoms with E-state index in [9.17, 15) is 9.18 Å². The number of carbonyl (C=O) groups is 1. The molecule has 0 heterocycles. The van der Waals surface area contributed by atoms with E-state index in [2.05, 4.69) is 0 Å². The highest BCUT2D eigenvalue weighted by atomic mass is 35.6. The van der Waals surface area contributed by atoms with Crippen LogP contribution in [-0.4, -0.2) is 12.6 Å². The Labute approximate surface area is 107 Å². The van der Waals surface area contributed by atoms with Crippen molar-refractivity contribution in [1.29, 1.82) is 0 Å². The summed E-state index contributed by atoms with van der Waals surface area (Å²) in [4.78, 5) is 11.5. The predicted molar refractivity (Wildman–Crippen MR) is 61.6 cm³/mol. The fraction of sp³-hybridized carbons (Fsp3) is 0.300. The smallest absolute Gasteiger partial charge is 0.338 e. The van der Waals surface area contributed by atoms with Gasteiger partial charge in [-0.05, 0) is 25.1 Å². The second-order valence-electron chi connectivity index (χ2n) is 2.91. The maximum Gasteiger partial charge on any atom is 0.338 e. The van der Waals surface area contributed by atoms with Gasteiger partial charge in [-0.3, -0.25) is 0 Å². The number of hydrogen-bond donors (Lipinski definition) is 0. The van der Waals surface area contributed by atoms with E-state index in [4.69, 9.17) is 39.5 Å². The van der Waals surface area contributed by atoms with Gasteiger partial charge >= 0.3 is 5.97 Å². The molecule has 0 N–H and O–H groups in total. The normalized spacial score (nSPS) is 11.3. The first-order chi connectivity index (χ1) is 7.36. The van der Waals surface area contributed by atoms with Crippen LogP contribution in [0.15, 0.2) is 18.2 Å². The van der Waals surface area contributed by atoms with Crippen LogP contribution in [0.1, 0.15) is 22.8 Å². The minimum Gasteiger partial charge on any atom is -0.462 e. The highest BCUT2D eigenvalue weighted by Gasteiger charge is 2.29. The molecular weight excluding hydrogens is 277 g/mol. The Balaban J connectivity index is 3.23. The molecule has 0 aromatic heterocycles. The minimum absolute atomic E-state index is 0.0315. The molecule has 0 fully saturated rings. The summed E-state index contributed by atoms with van der Waals surface area (Å²) in [6.07, 6.45) is 0. The van der Waals surface area contributed by atoms with Crippen LogP contribution >= 0.6 is 34.8 Å². The van der Waals surface area contributed by atoms with E-state index >= 15 is 0 Å². The number of rotatable bonds is 2. The molecule has 0 atom stereocenters. The van der Waals surface area contributed by atoms with E-state index in [1.807, 2.05) is 0 Å². The zero-order valence-electron chi connectivity index (χ0n) is 8.27. The van der Waals surface area contributed by atoms with Gasteiger partial charge < -0.3 is 4.74 Å². The van der Waals surface area contributed by atoms with E-state index in [1.54, 1.807) is 6.92 Å². The van der Waals surface area contributed by atoms with Crippen LogP contribution in [0.2, 0.25) is 0 Å². The van der Waals surface area contributed by atoms with Crippen molar-refractivity contribution >= 4 is 40.8 Å². The van der Waals surface area contributed by atoms with Crippen molar-refractivity contribution < 1.29 is 13.9 Å². The fourth-order valence-corrected chi connectivity index (χ4v) is 1.61. The fourth-order valence-electron chi connectivity index (χ4n) is 1.14. The summed E-state index contributed by atoms with van der Waals surface area (Å²) in [5.74, 6) is -1.24. The molecule has 0 aliphatic carbocycles. The number of halogens is 4. The maximum atomic E-state index is 13.0. The first kappa shape index (κ1) is 13.6. The molecule has 0 amide bonds. The number of benzene rings is 1. The van der Waals surface area contributed by atoms with Crippen molar-refractivity contribution in [2.24, 2.45) is 0 Å². The van der Waals surface area contributed by atoms with Gasteiger partial charge in [0.05, 0.1) is 12.2 Å². The quantitative estimate of drug-likeness (QED) is 0.610. The highest BCUT2D eigenvalue weighted by Crippen LogP contribution is 2.40. The third kappa shape index (κ3) is 3.24. The molecule has 0 saturated carbocycles. The lowest BCUT2D eigenvalue weighted by Gasteiger charge is -2.15. The van der Waals surface area contributed by atoms with E-state index in [0.29, 0.717) is 0 Å². The lowest BCUT2D eigenvalue weighted by molar-refractivity contribution is 0.0525. The molecule has 1 aromatic carbocycles. The Kier molecular flexibility index (Phi) is 4.42. The predicted octanol–water partition coefficient (Wildman–Crippen LogP) is 3.83. The molecule has 2 nitrogen and oxygen atoms in total. The van der Waals surface area contributed by atoms with Crippen LogP contribution in [0.5, 0.6) is 0 Å².